The molecule has 0 aliphatic heterocycles. The molecular weight excluding hydrogens is 653 g/mol. The number of rotatable bonds is 3. The van der Waals surface area contributed by atoms with Crippen molar-refractivity contribution in [2.75, 3.05) is 0 Å². The van der Waals surface area contributed by atoms with Crippen LogP contribution in [0, 0.1) is 0 Å². The standard InChI is InChI=1S/C52H42N2/c1-51(2)25-26-52(3,4)45-31-47-43(30-44(45)51)42-29-41-39-24-23-34-17-13-14-22-38(34)50(39)53(37-20-9-6-10-21-37)48(41)32-49(42)54(47)46-28-36-19-12-11-18-35(36)27-40(46)33-15-7-5-8-16-33/h5-24,27-32H,25-26H2,1-4H3. The third-order valence-corrected chi connectivity index (χ3v) is 12.7. The first-order valence-corrected chi connectivity index (χ1v) is 19.4. The molecule has 8 aromatic carbocycles. The van der Waals surface area contributed by atoms with E-state index in [1.807, 2.05) is 0 Å². The first-order valence-electron chi connectivity index (χ1n) is 19.4. The molecule has 2 heterocycles. The molecule has 260 valence electrons. The minimum absolute atomic E-state index is 0.0812. The second-order valence-electron chi connectivity index (χ2n) is 16.8. The van der Waals surface area contributed by atoms with Crippen molar-refractivity contribution in [3.8, 4) is 22.5 Å². The first-order chi connectivity index (χ1) is 26.3. The number of benzene rings is 8. The van der Waals surface area contributed by atoms with Gasteiger partial charge in [0.1, 0.15) is 0 Å². The lowest BCUT2D eigenvalue weighted by Gasteiger charge is -2.42. The molecule has 0 saturated carbocycles. The molecule has 0 unspecified atom stereocenters. The number of hydrogen-bond acceptors (Lipinski definition) is 0. The van der Waals surface area contributed by atoms with E-state index in [9.17, 15) is 0 Å². The van der Waals surface area contributed by atoms with E-state index in [-0.39, 0.29) is 10.8 Å². The maximum Gasteiger partial charge on any atom is 0.0619 e. The highest BCUT2D eigenvalue weighted by Gasteiger charge is 2.38. The largest absolute Gasteiger partial charge is 0.309 e. The summed E-state index contributed by atoms with van der Waals surface area (Å²) in [6, 6.07) is 59.1. The monoisotopic (exact) mass is 694 g/mol. The van der Waals surface area contributed by atoms with Gasteiger partial charge in [-0.3, -0.25) is 0 Å². The summed E-state index contributed by atoms with van der Waals surface area (Å²) in [6.45, 7) is 9.77. The smallest absolute Gasteiger partial charge is 0.0619 e. The van der Waals surface area contributed by atoms with Crippen LogP contribution in [0.1, 0.15) is 51.7 Å². The van der Waals surface area contributed by atoms with Crippen LogP contribution in [-0.2, 0) is 10.8 Å². The van der Waals surface area contributed by atoms with Crippen molar-refractivity contribution >= 4 is 65.2 Å². The summed E-state index contributed by atoms with van der Waals surface area (Å²) in [6.07, 6.45) is 2.36. The number of para-hydroxylation sites is 1. The Kier molecular flexibility index (Phi) is 6.51. The Balaban J connectivity index is 1.37. The zero-order chi connectivity index (χ0) is 36.3. The molecule has 54 heavy (non-hydrogen) atoms. The van der Waals surface area contributed by atoms with Gasteiger partial charge in [-0.2, -0.15) is 0 Å². The SMILES string of the molecule is CC1(C)CCC(C)(C)c2cc3c(cc21)c1cc2c4ccc5ccccc5c4n(-c4ccccc4)c2cc1n3-c1cc2ccccc2cc1-c1ccccc1. The molecule has 10 aromatic rings. The molecule has 0 spiro atoms. The van der Waals surface area contributed by atoms with Crippen LogP contribution in [0.15, 0.2) is 158 Å². The fourth-order valence-corrected chi connectivity index (χ4v) is 9.71. The highest BCUT2D eigenvalue weighted by Crippen LogP contribution is 2.50. The molecule has 0 bridgehead atoms. The van der Waals surface area contributed by atoms with Crippen LogP contribution >= 0.6 is 0 Å². The van der Waals surface area contributed by atoms with E-state index >= 15 is 0 Å². The number of hydrogen-bond donors (Lipinski definition) is 0. The predicted octanol–water partition coefficient (Wildman–Crippen LogP) is 14.2. The fourth-order valence-electron chi connectivity index (χ4n) is 9.71. The molecule has 11 rings (SSSR count). The molecule has 0 atom stereocenters. The highest BCUT2D eigenvalue weighted by molar-refractivity contribution is 6.23. The summed E-state index contributed by atoms with van der Waals surface area (Å²) >= 11 is 0. The van der Waals surface area contributed by atoms with Crippen molar-refractivity contribution in [3.63, 3.8) is 0 Å². The van der Waals surface area contributed by atoms with Crippen molar-refractivity contribution in [3.05, 3.63) is 169 Å². The Morgan fingerprint density at radius 1 is 0.407 bits per heavy atom. The van der Waals surface area contributed by atoms with Gasteiger partial charge in [-0.1, -0.05) is 137 Å². The van der Waals surface area contributed by atoms with Gasteiger partial charge < -0.3 is 9.13 Å². The second-order valence-corrected chi connectivity index (χ2v) is 16.8. The Hall–Kier alpha value is -6.12. The number of aromatic nitrogens is 2. The normalized spacial score (nSPS) is 15.2. The van der Waals surface area contributed by atoms with Crippen molar-refractivity contribution in [2.45, 2.75) is 51.4 Å². The number of nitrogens with zero attached hydrogens (tertiary/aromatic N) is 2. The van der Waals surface area contributed by atoms with Gasteiger partial charge in [-0.15, -0.1) is 0 Å². The fraction of sp³-hybridized carbons (Fsp3) is 0.154. The van der Waals surface area contributed by atoms with E-state index in [0.717, 1.165) is 0 Å². The topological polar surface area (TPSA) is 9.86 Å². The molecular formula is C52H42N2. The van der Waals surface area contributed by atoms with Crippen LogP contribution in [0.2, 0.25) is 0 Å². The van der Waals surface area contributed by atoms with Crippen LogP contribution in [-0.4, -0.2) is 9.13 Å². The van der Waals surface area contributed by atoms with Crippen molar-refractivity contribution in [1.82, 2.24) is 9.13 Å². The van der Waals surface area contributed by atoms with E-state index in [2.05, 4.69) is 195 Å². The van der Waals surface area contributed by atoms with Crippen molar-refractivity contribution in [1.29, 1.82) is 0 Å². The van der Waals surface area contributed by atoms with E-state index in [1.165, 1.54) is 112 Å². The molecule has 0 N–H and O–H groups in total. The summed E-state index contributed by atoms with van der Waals surface area (Å²) in [5.41, 5.74) is 13.0. The van der Waals surface area contributed by atoms with E-state index in [4.69, 9.17) is 0 Å². The Morgan fingerprint density at radius 2 is 0.963 bits per heavy atom. The molecule has 0 fully saturated rings. The maximum atomic E-state index is 2.60. The minimum atomic E-state index is 0.0812. The van der Waals surface area contributed by atoms with E-state index in [1.54, 1.807) is 0 Å². The Morgan fingerprint density at radius 3 is 1.70 bits per heavy atom. The minimum Gasteiger partial charge on any atom is -0.309 e. The van der Waals surface area contributed by atoms with Gasteiger partial charge in [0.25, 0.3) is 0 Å². The third kappa shape index (κ3) is 4.46. The summed E-state index contributed by atoms with van der Waals surface area (Å²) in [7, 11) is 0. The predicted molar refractivity (Wildman–Crippen MR) is 231 cm³/mol. The van der Waals surface area contributed by atoms with Crippen molar-refractivity contribution < 1.29 is 0 Å². The first kappa shape index (κ1) is 31.4. The molecule has 2 nitrogen and oxygen atoms in total. The zero-order valence-corrected chi connectivity index (χ0v) is 31.3. The highest BCUT2D eigenvalue weighted by atomic mass is 15.0. The average molecular weight is 695 g/mol. The van der Waals surface area contributed by atoms with E-state index < -0.39 is 0 Å². The van der Waals surface area contributed by atoms with Crippen LogP contribution in [0.5, 0.6) is 0 Å². The lowest BCUT2D eigenvalue weighted by atomic mass is 9.63. The lowest BCUT2D eigenvalue weighted by Crippen LogP contribution is -2.33. The molecule has 0 radical (unpaired) electrons. The quantitative estimate of drug-likeness (QED) is 0.174. The van der Waals surface area contributed by atoms with Crippen molar-refractivity contribution in [2.24, 2.45) is 0 Å². The summed E-state index contributed by atoms with van der Waals surface area (Å²) in [5, 5.41) is 10.2. The summed E-state index contributed by atoms with van der Waals surface area (Å²) < 4.78 is 5.10. The molecule has 2 heteroatoms. The Bertz CT molecular complexity index is 3140. The van der Waals surface area contributed by atoms with Crippen LogP contribution < -0.4 is 0 Å². The molecule has 1 aliphatic rings. The second kappa shape index (κ2) is 11.2. The maximum absolute atomic E-state index is 2.60. The van der Waals surface area contributed by atoms with Gasteiger partial charge in [-0.05, 0) is 105 Å². The van der Waals surface area contributed by atoms with Crippen LogP contribution in [0.3, 0.4) is 0 Å². The van der Waals surface area contributed by atoms with Crippen LogP contribution in [0.4, 0.5) is 0 Å². The van der Waals surface area contributed by atoms with Gasteiger partial charge in [0.15, 0.2) is 0 Å². The van der Waals surface area contributed by atoms with Gasteiger partial charge in [0, 0.05) is 38.2 Å². The van der Waals surface area contributed by atoms with E-state index in [0.29, 0.717) is 0 Å². The summed E-state index contributed by atoms with van der Waals surface area (Å²) in [5.74, 6) is 0. The number of fused-ring (bicyclic) bond motifs is 10. The molecule has 1 aliphatic carbocycles. The third-order valence-electron chi connectivity index (χ3n) is 12.7. The molecule has 0 saturated heterocycles. The average Bonchev–Trinajstić information content (AvgIpc) is 3.70. The van der Waals surface area contributed by atoms with Gasteiger partial charge >= 0.3 is 0 Å². The summed E-state index contributed by atoms with van der Waals surface area (Å²) in [4.78, 5) is 0. The Labute approximate surface area is 315 Å². The van der Waals surface area contributed by atoms with Gasteiger partial charge in [0.05, 0.1) is 27.8 Å². The lowest BCUT2D eigenvalue weighted by molar-refractivity contribution is 0.332. The molecule has 0 amide bonds. The molecule has 2 aromatic heterocycles. The van der Waals surface area contributed by atoms with Gasteiger partial charge in [-0.25, -0.2) is 0 Å². The van der Waals surface area contributed by atoms with Crippen LogP contribution in [0.25, 0.3) is 87.7 Å². The van der Waals surface area contributed by atoms with Gasteiger partial charge in [0.2, 0.25) is 0 Å². The zero-order valence-electron chi connectivity index (χ0n) is 31.3.